The lowest BCUT2D eigenvalue weighted by molar-refractivity contribution is -0.119. The molecule has 8 heteroatoms. The van der Waals surface area contributed by atoms with Crippen molar-refractivity contribution in [2.24, 2.45) is 0 Å². The maximum absolute atomic E-state index is 13.8. The Hall–Kier alpha value is -2.61. The van der Waals surface area contributed by atoms with Crippen LogP contribution in [0.1, 0.15) is 20.3 Å². The van der Waals surface area contributed by atoms with Gasteiger partial charge in [0, 0.05) is 55.7 Å². The van der Waals surface area contributed by atoms with E-state index in [-0.39, 0.29) is 17.0 Å². The van der Waals surface area contributed by atoms with Crippen LogP contribution in [0, 0.1) is 5.82 Å². The number of hydrogen-bond donors (Lipinski definition) is 1. The first-order chi connectivity index (χ1) is 16.4. The van der Waals surface area contributed by atoms with Gasteiger partial charge in [-0.25, -0.2) is 4.39 Å². The number of halogens is 2. The molecule has 1 saturated heterocycles. The highest BCUT2D eigenvalue weighted by Gasteiger charge is 2.16. The molecule has 0 radical (unpaired) electrons. The standard InChI is InChI=1S/C26H31ClFN3O3/c1-18(29-19(2)32)17-31-25-7-5-22(34-11-3-8-30-9-12-33-13-10-30)14-21(25)16-26(31)20-4-6-24(28)23(27)15-20/h4-7,14-16,18H,3,8-13,17H2,1-2H3,(H,29,32). The molecule has 1 amide bonds. The first-order valence-electron chi connectivity index (χ1n) is 11.7. The van der Waals surface area contributed by atoms with Crippen molar-refractivity contribution in [2.75, 3.05) is 39.5 Å². The van der Waals surface area contributed by atoms with Crippen molar-refractivity contribution in [1.82, 2.24) is 14.8 Å². The normalized spacial score (nSPS) is 15.4. The van der Waals surface area contributed by atoms with E-state index in [1.807, 2.05) is 25.1 Å². The van der Waals surface area contributed by atoms with E-state index in [0.29, 0.717) is 13.2 Å². The molecule has 0 spiro atoms. The summed E-state index contributed by atoms with van der Waals surface area (Å²) < 4.78 is 27.3. The molecule has 1 aliphatic heterocycles. The molecule has 0 saturated carbocycles. The van der Waals surface area contributed by atoms with Gasteiger partial charge in [-0.05, 0) is 61.4 Å². The summed E-state index contributed by atoms with van der Waals surface area (Å²) in [7, 11) is 0. The lowest BCUT2D eigenvalue weighted by Crippen LogP contribution is -2.37. The SMILES string of the molecule is CC(=O)NC(C)Cn1c(-c2ccc(F)c(Cl)c2)cc2cc(OCCCN3CCOCC3)ccc21. The van der Waals surface area contributed by atoms with Gasteiger partial charge in [0.1, 0.15) is 11.6 Å². The summed E-state index contributed by atoms with van der Waals surface area (Å²) in [4.78, 5) is 13.9. The maximum atomic E-state index is 13.8. The Bertz CT molecular complexity index is 1140. The van der Waals surface area contributed by atoms with E-state index in [9.17, 15) is 9.18 Å². The molecule has 34 heavy (non-hydrogen) atoms. The fourth-order valence-corrected chi connectivity index (χ4v) is 4.58. The fraction of sp³-hybridized carbons (Fsp3) is 0.423. The Morgan fingerprint density at radius 3 is 2.74 bits per heavy atom. The zero-order chi connectivity index (χ0) is 24.1. The number of carbonyl (C=O) groups is 1. The van der Waals surface area contributed by atoms with E-state index in [4.69, 9.17) is 21.1 Å². The summed E-state index contributed by atoms with van der Waals surface area (Å²) in [6, 6.07) is 12.7. The summed E-state index contributed by atoms with van der Waals surface area (Å²) in [5.74, 6) is 0.279. The molecular weight excluding hydrogens is 457 g/mol. The Labute approximate surface area is 204 Å². The fourth-order valence-electron chi connectivity index (χ4n) is 4.40. The molecule has 6 nitrogen and oxygen atoms in total. The third kappa shape index (κ3) is 6.09. The third-order valence-corrected chi connectivity index (χ3v) is 6.28. The van der Waals surface area contributed by atoms with Crippen LogP contribution in [-0.4, -0.2) is 60.9 Å². The molecule has 2 heterocycles. The number of carbonyl (C=O) groups excluding carboxylic acids is 1. The van der Waals surface area contributed by atoms with Crippen molar-refractivity contribution >= 4 is 28.4 Å². The second kappa shape index (κ2) is 11.2. The average Bonchev–Trinajstić information content (AvgIpc) is 3.16. The molecule has 1 atom stereocenters. The van der Waals surface area contributed by atoms with Gasteiger partial charge in [-0.15, -0.1) is 0 Å². The molecule has 0 bridgehead atoms. The molecule has 4 rings (SSSR count). The summed E-state index contributed by atoms with van der Waals surface area (Å²) in [6.07, 6.45) is 0.951. The van der Waals surface area contributed by atoms with E-state index in [1.165, 1.54) is 13.0 Å². The number of morpholine rings is 1. The lowest BCUT2D eigenvalue weighted by Gasteiger charge is -2.26. The van der Waals surface area contributed by atoms with E-state index in [1.54, 1.807) is 12.1 Å². The highest BCUT2D eigenvalue weighted by molar-refractivity contribution is 6.31. The zero-order valence-electron chi connectivity index (χ0n) is 19.7. The van der Waals surface area contributed by atoms with Gasteiger partial charge >= 0.3 is 0 Å². The summed E-state index contributed by atoms with van der Waals surface area (Å²) in [5, 5.41) is 4.02. The minimum atomic E-state index is -0.451. The van der Waals surface area contributed by atoms with Crippen molar-refractivity contribution in [2.45, 2.75) is 32.9 Å². The van der Waals surface area contributed by atoms with Gasteiger partial charge in [-0.1, -0.05) is 11.6 Å². The van der Waals surface area contributed by atoms with E-state index < -0.39 is 5.82 Å². The van der Waals surface area contributed by atoms with Crippen LogP contribution in [0.3, 0.4) is 0 Å². The average molecular weight is 488 g/mol. The third-order valence-electron chi connectivity index (χ3n) is 5.99. The minimum absolute atomic E-state index is 0.0773. The van der Waals surface area contributed by atoms with Gasteiger partial charge in [0.2, 0.25) is 5.91 Å². The van der Waals surface area contributed by atoms with E-state index in [0.717, 1.165) is 67.2 Å². The molecule has 1 fully saturated rings. The molecular formula is C26H31ClFN3O3. The van der Waals surface area contributed by atoms with Gasteiger partial charge in [0.15, 0.2) is 0 Å². The van der Waals surface area contributed by atoms with Gasteiger partial charge in [-0.2, -0.15) is 0 Å². The second-order valence-corrected chi connectivity index (χ2v) is 9.15. The van der Waals surface area contributed by atoms with Crippen molar-refractivity contribution in [3.05, 3.63) is 53.3 Å². The molecule has 1 aromatic heterocycles. The molecule has 1 unspecified atom stereocenters. The Morgan fingerprint density at radius 2 is 2.00 bits per heavy atom. The molecule has 1 aliphatic rings. The van der Waals surface area contributed by atoms with Crippen LogP contribution in [0.2, 0.25) is 5.02 Å². The van der Waals surface area contributed by atoms with Crippen LogP contribution in [-0.2, 0) is 16.1 Å². The molecule has 3 aromatic rings. The van der Waals surface area contributed by atoms with Crippen LogP contribution in [0.15, 0.2) is 42.5 Å². The van der Waals surface area contributed by atoms with E-state index >= 15 is 0 Å². The largest absolute Gasteiger partial charge is 0.494 e. The molecule has 182 valence electrons. The Kier molecular flexibility index (Phi) is 8.08. The number of rotatable bonds is 9. The lowest BCUT2D eigenvalue weighted by atomic mass is 10.1. The van der Waals surface area contributed by atoms with Crippen molar-refractivity contribution < 1.29 is 18.7 Å². The highest BCUT2D eigenvalue weighted by atomic mass is 35.5. The maximum Gasteiger partial charge on any atom is 0.217 e. The van der Waals surface area contributed by atoms with Gasteiger partial charge < -0.3 is 19.4 Å². The molecule has 2 aromatic carbocycles. The predicted octanol–water partition coefficient (Wildman–Crippen LogP) is 4.73. The minimum Gasteiger partial charge on any atom is -0.494 e. The Balaban J connectivity index is 1.54. The number of fused-ring (bicyclic) bond motifs is 1. The number of nitrogens with zero attached hydrogens (tertiary/aromatic N) is 2. The quantitative estimate of drug-likeness (QED) is 0.443. The highest BCUT2D eigenvalue weighted by Crippen LogP contribution is 2.33. The van der Waals surface area contributed by atoms with Crippen LogP contribution < -0.4 is 10.1 Å². The first-order valence-corrected chi connectivity index (χ1v) is 12.1. The number of ether oxygens (including phenoxy) is 2. The summed E-state index contributed by atoms with van der Waals surface area (Å²) >= 11 is 6.07. The number of benzene rings is 2. The van der Waals surface area contributed by atoms with Gasteiger partial charge in [0.25, 0.3) is 0 Å². The van der Waals surface area contributed by atoms with Crippen LogP contribution in [0.25, 0.3) is 22.2 Å². The smallest absolute Gasteiger partial charge is 0.217 e. The van der Waals surface area contributed by atoms with Crippen molar-refractivity contribution in [3.63, 3.8) is 0 Å². The second-order valence-electron chi connectivity index (χ2n) is 8.75. The molecule has 1 N–H and O–H groups in total. The number of hydrogen-bond acceptors (Lipinski definition) is 4. The summed E-state index contributed by atoms with van der Waals surface area (Å²) in [6.45, 7) is 9.23. The first kappa shape index (κ1) is 24.5. The van der Waals surface area contributed by atoms with Crippen LogP contribution in [0.5, 0.6) is 5.75 Å². The van der Waals surface area contributed by atoms with Gasteiger partial charge in [0.05, 0.1) is 24.8 Å². The zero-order valence-corrected chi connectivity index (χ0v) is 20.4. The van der Waals surface area contributed by atoms with Crippen LogP contribution >= 0.6 is 11.6 Å². The van der Waals surface area contributed by atoms with Gasteiger partial charge in [-0.3, -0.25) is 9.69 Å². The van der Waals surface area contributed by atoms with Crippen molar-refractivity contribution in [1.29, 1.82) is 0 Å². The number of nitrogens with one attached hydrogen (secondary N) is 1. The predicted molar refractivity (Wildman–Crippen MR) is 133 cm³/mol. The monoisotopic (exact) mass is 487 g/mol. The summed E-state index contributed by atoms with van der Waals surface area (Å²) in [5.41, 5.74) is 2.72. The van der Waals surface area contributed by atoms with E-state index in [2.05, 4.69) is 20.9 Å². The topological polar surface area (TPSA) is 55.7 Å². The number of aromatic nitrogens is 1. The molecule has 0 aliphatic carbocycles. The Morgan fingerprint density at radius 1 is 1.21 bits per heavy atom. The van der Waals surface area contributed by atoms with Crippen LogP contribution in [0.4, 0.5) is 4.39 Å². The van der Waals surface area contributed by atoms with Crippen molar-refractivity contribution in [3.8, 4) is 17.0 Å². The number of amides is 1.